The maximum absolute atomic E-state index is 3.52. The Morgan fingerprint density at radius 2 is 1.14 bits per heavy atom. The standard InChI is InChI=1S/C27H21Br/c1-27(2)25-9-4-3-8-23(25)24-15-12-21(17-26(24)27)20-7-5-6-19(16-20)18-10-13-22(28)14-11-18/h3-17H,1-2H3. The topological polar surface area (TPSA) is 0 Å². The van der Waals surface area contributed by atoms with Gasteiger partial charge in [-0.15, -0.1) is 0 Å². The van der Waals surface area contributed by atoms with E-state index in [9.17, 15) is 0 Å². The van der Waals surface area contributed by atoms with E-state index in [1.807, 2.05) is 0 Å². The summed E-state index contributed by atoms with van der Waals surface area (Å²) in [7, 11) is 0. The molecule has 5 rings (SSSR count). The molecule has 0 saturated carbocycles. The van der Waals surface area contributed by atoms with E-state index < -0.39 is 0 Å². The first kappa shape index (κ1) is 17.5. The van der Waals surface area contributed by atoms with Crippen molar-refractivity contribution in [1.82, 2.24) is 0 Å². The Kier molecular flexibility index (Phi) is 4.03. The molecule has 0 unspecified atom stereocenters. The van der Waals surface area contributed by atoms with Crippen LogP contribution in [0.4, 0.5) is 0 Å². The van der Waals surface area contributed by atoms with Crippen LogP contribution in [0.2, 0.25) is 0 Å². The summed E-state index contributed by atoms with van der Waals surface area (Å²) in [5, 5.41) is 0. The smallest absolute Gasteiger partial charge is 0.0175 e. The predicted octanol–water partition coefficient (Wildman–Crippen LogP) is 8.09. The number of benzene rings is 4. The fraction of sp³-hybridized carbons (Fsp3) is 0.111. The fourth-order valence-corrected chi connectivity index (χ4v) is 4.67. The molecule has 28 heavy (non-hydrogen) atoms. The largest absolute Gasteiger partial charge is 0.0619 e. The highest BCUT2D eigenvalue weighted by molar-refractivity contribution is 9.10. The first-order chi connectivity index (χ1) is 13.5. The van der Waals surface area contributed by atoms with Gasteiger partial charge in [-0.05, 0) is 68.8 Å². The van der Waals surface area contributed by atoms with E-state index in [1.54, 1.807) is 0 Å². The van der Waals surface area contributed by atoms with E-state index in [4.69, 9.17) is 0 Å². The molecule has 0 amide bonds. The van der Waals surface area contributed by atoms with Crippen LogP contribution in [0, 0.1) is 0 Å². The second-order valence-corrected chi connectivity index (χ2v) is 8.93. The van der Waals surface area contributed by atoms with Gasteiger partial charge in [0.2, 0.25) is 0 Å². The monoisotopic (exact) mass is 424 g/mol. The molecule has 0 spiro atoms. The lowest BCUT2D eigenvalue weighted by Crippen LogP contribution is -2.14. The third-order valence-corrected chi connectivity index (χ3v) is 6.49. The van der Waals surface area contributed by atoms with Crippen molar-refractivity contribution in [3.63, 3.8) is 0 Å². The molecule has 0 nitrogen and oxygen atoms in total. The summed E-state index contributed by atoms with van der Waals surface area (Å²) in [4.78, 5) is 0. The minimum Gasteiger partial charge on any atom is -0.0619 e. The Morgan fingerprint density at radius 3 is 1.93 bits per heavy atom. The normalized spacial score (nSPS) is 13.8. The van der Waals surface area contributed by atoms with Crippen molar-refractivity contribution in [2.75, 3.05) is 0 Å². The van der Waals surface area contributed by atoms with Crippen molar-refractivity contribution >= 4 is 15.9 Å². The zero-order valence-electron chi connectivity index (χ0n) is 16.0. The third kappa shape index (κ3) is 2.73. The number of rotatable bonds is 2. The molecular weight excluding hydrogens is 404 g/mol. The summed E-state index contributed by atoms with van der Waals surface area (Å²) >= 11 is 3.52. The van der Waals surface area contributed by atoms with Crippen molar-refractivity contribution in [2.45, 2.75) is 19.3 Å². The quantitative estimate of drug-likeness (QED) is 0.304. The van der Waals surface area contributed by atoms with Crippen molar-refractivity contribution in [1.29, 1.82) is 0 Å². The van der Waals surface area contributed by atoms with E-state index in [2.05, 4.69) is 121 Å². The van der Waals surface area contributed by atoms with Gasteiger partial charge < -0.3 is 0 Å². The van der Waals surface area contributed by atoms with E-state index in [0.717, 1.165) is 4.47 Å². The molecule has 0 fully saturated rings. The molecule has 0 saturated heterocycles. The van der Waals surface area contributed by atoms with E-state index >= 15 is 0 Å². The Labute approximate surface area is 175 Å². The Balaban J connectivity index is 1.60. The zero-order chi connectivity index (χ0) is 19.3. The minimum absolute atomic E-state index is 0.0330. The fourth-order valence-electron chi connectivity index (χ4n) is 4.40. The number of halogens is 1. The summed E-state index contributed by atoms with van der Waals surface area (Å²) in [6, 6.07) is 33.1. The van der Waals surface area contributed by atoms with Gasteiger partial charge in [-0.3, -0.25) is 0 Å². The highest BCUT2D eigenvalue weighted by Gasteiger charge is 2.35. The predicted molar refractivity (Wildman–Crippen MR) is 123 cm³/mol. The molecular formula is C27H21Br. The maximum Gasteiger partial charge on any atom is 0.0175 e. The summed E-state index contributed by atoms with van der Waals surface area (Å²) in [6.07, 6.45) is 0. The van der Waals surface area contributed by atoms with Gasteiger partial charge in [-0.2, -0.15) is 0 Å². The van der Waals surface area contributed by atoms with Gasteiger partial charge >= 0.3 is 0 Å². The van der Waals surface area contributed by atoms with Gasteiger partial charge in [0, 0.05) is 9.89 Å². The number of fused-ring (bicyclic) bond motifs is 3. The average Bonchev–Trinajstić information content (AvgIpc) is 2.96. The molecule has 0 bridgehead atoms. The van der Waals surface area contributed by atoms with Gasteiger partial charge in [-0.1, -0.05) is 96.5 Å². The van der Waals surface area contributed by atoms with E-state index in [-0.39, 0.29) is 5.41 Å². The highest BCUT2D eigenvalue weighted by Crippen LogP contribution is 2.49. The maximum atomic E-state index is 3.52. The Hall–Kier alpha value is -2.64. The van der Waals surface area contributed by atoms with Crippen LogP contribution in [0.15, 0.2) is 95.5 Å². The number of hydrogen-bond donors (Lipinski definition) is 0. The first-order valence-electron chi connectivity index (χ1n) is 9.65. The second-order valence-electron chi connectivity index (χ2n) is 8.02. The number of hydrogen-bond acceptors (Lipinski definition) is 0. The molecule has 1 aliphatic carbocycles. The van der Waals surface area contributed by atoms with Gasteiger partial charge in [-0.25, -0.2) is 0 Å². The van der Waals surface area contributed by atoms with Gasteiger partial charge in [0.25, 0.3) is 0 Å². The molecule has 0 atom stereocenters. The van der Waals surface area contributed by atoms with Crippen molar-refractivity contribution in [3.8, 4) is 33.4 Å². The first-order valence-corrected chi connectivity index (χ1v) is 10.4. The lowest BCUT2D eigenvalue weighted by atomic mass is 9.81. The molecule has 4 aromatic rings. The van der Waals surface area contributed by atoms with E-state index in [0.29, 0.717) is 0 Å². The molecule has 4 aromatic carbocycles. The third-order valence-electron chi connectivity index (χ3n) is 5.96. The van der Waals surface area contributed by atoms with Gasteiger partial charge in [0.05, 0.1) is 0 Å². The van der Waals surface area contributed by atoms with Crippen LogP contribution in [0.5, 0.6) is 0 Å². The average molecular weight is 425 g/mol. The van der Waals surface area contributed by atoms with Crippen LogP contribution in [0.25, 0.3) is 33.4 Å². The molecule has 1 heteroatoms. The Bertz CT molecular complexity index is 1180. The van der Waals surface area contributed by atoms with Crippen LogP contribution in [0.3, 0.4) is 0 Å². The van der Waals surface area contributed by atoms with Crippen molar-refractivity contribution in [3.05, 3.63) is 107 Å². The van der Waals surface area contributed by atoms with Crippen LogP contribution in [-0.4, -0.2) is 0 Å². The van der Waals surface area contributed by atoms with Crippen LogP contribution < -0.4 is 0 Å². The molecule has 0 heterocycles. The summed E-state index contributed by atoms with van der Waals surface area (Å²) < 4.78 is 1.10. The lowest BCUT2D eigenvalue weighted by Gasteiger charge is -2.22. The Morgan fingerprint density at radius 1 is 0.536 bits per heavy atom. The summed E-state index contributed by atoms with van der Waals surface area (Å²) in [5.41, 5.74) is 10.6. The van der Waals surface area contributed by atoms with Gasteiger partial charge in [0.1, 0.15) is 0 Å². The van der Waals surface area contributed by atoms with Gasteiger partial charge in [0.15, 0.2) is 0 Å². The summed E-state index contributed by atoms with van der Waals surface area (Å²) in [6.45, 7) is 4.67. The van der Waals surface area contributed by atoms with Crippen molar-refractivity contribution in [2.24, 2.45) is 0 Å². The van der Waals surface area contributed by atoms with Crippen LogP contribution in [-0.2, 0) is 5.41 Å². The van der Waals surface area contributed by atoms with Crippen molar-refractivity contribution < 1.29 is 0 Å². The molecule has 1 aliphatic rings. The SMILES string of the molecule is CC1(C)c2ccccc2-c2ccc(-c3cccc(-c4ccc(Br)cc4)c3)cc21. The zero-order valence-corrected chi connectivity index (χ0v) is 17.6. The molecule has 0 aromatic heterocycles. The molecule has 0 aliphatic heterocycles. The molecule has 136 valence electrons. The van der Waals surface area contributed by atoms with Crippen LogP contribution >= 0.6 is 15.9 Å². The van der Waals surface area contributed by atoms with E-state index in [1.165, 1.54) is 44.5 Å². The molecule has 0 radical (unpaired) electrons. The lowest BCUT2D eigenvalue weighted by molar-refractivity contribution is 0.660. The van der Waals surface area contributed by atoms with Crippen LogP contribution in [0.1, 0.15) is 25.0 Å². The highest BCUT2D eigenvalue weighted by atomic mass is 79.9. The summed E-state index contributed by atoms with van der Waals surface area (Å²) in [5.74, 6) is 0. The second kappa shape index (κ2) is 6.46. The molecule has 0 N–H and O–H groups in total. The minimum atomic E-state index is 0.0330.